The number of hydrogen-bond donors (Lipinski definition) is 2. The maximum Gasteiger partial charge on any atom is 0.407 e. The molecule has 1 unspecified atom stereocenters. The number of hydrogen-bond acceptors (Lipinski definition) is 12. The van der Waals surface area contributed by atoms with E-state index in [1.807, 2.05) is 30.3 Å². The van der Waals surface area contributed by atoms with Crippen molar-refractivity contribution in [1.29, 1.82) is 0 Å². The summed E-state index contributed by atoms with van der Waals surface area (Å²) in [4.78, 5) is 38.4. The molecule has 14 nitrogen and oxygen atoms in total. The van der Waals surface area contributed by atoms with Crippen molar-refractivity contribution in [1.82, 2.24) is 24.6 Å². The first-order valence-electron chi connectivity index (χ1n) is 20.7. The zero-order chi connectivity index (χ0) is 41.5. The highest BCUT2D eigenvalue weighted by atomic mass is 31.2. The summed E-state index contributed by atoms with van der Waals surface area (Å²) in [6.07, 6.45) is 14.3. The molecule has 3 aromatic rings. The number of esters is 2. The van der Waals surface area contributed by atoms with Crippen molar-refractivity contribution < 1.29 is 41.8 Å². The second-order valence-electron chi connectivity index (χ2n) is 14.9. The standard InChI is InChI=1S/C41H66FN6O8P/c1-6-8-10-12-14-16-21-27-53-38(49)32(3)56-57(51,55-30-41(4,52-5)25-26-48-31-44-35-36(43)45-40(42)46-37(35)48)47-34(29-33-23-19-18-20-24-33)39(50)54-28-22-17-15-13-11-9-7-2/h18-20,23-24,31-32,34H,6-17,21-22,25-30H2,1-5H3,(H,47,51)(H2,43,45,46)/t32-,34-,41-,57?/m0/s1. The fourth-order valence-electron chi connectivity index (χ4n) is 6.17. The molecule has 0 aliphatic heterocycles. The lowest BCUT2D eigenvalue weighted by Gasteiger charge is -2.32. The number of benzene rings is 1. The van der Waals surface area contributed by atoms with Gasteiger partial charge in [0.15, 0.2) is 17.6 Å². The molecule has 3 rings (SSSR count). The number of imidazole rings is 1. The summed E-state index contributed by atoms with van der Waals surface area (Å²) in [5, 5.41) is 2.83. The molecule has 0 bridgehead atoms. The van der Waals surface area contributed by atoms with Crippen molar-refractivity contribution in [2.75, 3.05) is 32.7 Å². The third kappa shape index (κ3) is 17.5. The lowest BCUT2D eigenvalue weighted by atomic mass is 10.0. The molecule has 0 aliphatic carbocycles. The van der Waals surface area contributed by atoms with Crippen LogP contribution in [0.5, 0.6) is 0 Å². The van der Waals surface area contributed by atoms with Gasteiger partial charge in [-0.2, -0.15) is 14.4 Å². The van der Waals surface area contributed by atoms with Crippen molar-refractivity contribution in [2.45, 2.75) is 155 Å². The topological polar surface area (TPSA) is 179 Å². The van der Waals surface area contributed by atoms with E-state index < -0.39 is 43.5 Å². The van der Waals surface area contributed by atoms with Crippen LogP contribution in [0.4, 0.5) is 10.2 Å². The molecule has 0 radical (unpaired) electrons. The number of halogens is 1. The molecule has 0 fully saturated rings. The van der Waals surface area contributed by atoms with Gasteiger partial charge in [0.2, 0.25) is 0 Å². The number of ether oxygens (including phenoxy) is 3. The maximum absolute atomic E-state index is 14.8. The minimum Gasteiger partial charge on any atom is -0.465 e. The van der Waals surface area contributed by atoms with Gasteiger partial charge in [0.1, 0.15) is 11.6 Å². The van der Waals surface area contributed by atoms with E-state index >= 15 is 0 Å². The lowest BCUT2D eigenvalue weighted by molar-refractivity contribution is -0.151. The molecule has 320 valence electrons. The van der Waals surface area contributed by atoms with Gasteiger partial charge in [-0.15, -0.1) is 0 Å². The number of carbonyl (C=O) groups is 2. The van der Waals surface area contributed by atoms with Crippen LogP contribution in [-0.4, -0.2) is 76.1 Å². The quantitative estimate of drug-likeness (QED) is 0.0273. The number of aryl methyl sites for hydroxylation is 1. The van der Waals surface area contributed by atoms with Crippen molar-refractivity contribution >= 4 is 36.7 Å². The first kappa shape index (κ1) is 47.9. The smallest absolute Gasteiger partial charge is 0.407 e. The third-order valence-electron chi connectivity index (χ3n) is 9.87. The maximum atomic E-state index is 14.8. The number of carbonyl (C=O) groups excluding carboxylic acids is 2. The van der Waals surface area contributed by atoms with E-state index in [2.05, 4.69) is 33.9 Å². The van der Waals surface area contributed by atoms with E-state index in [0.29, 0.717) is 12.8 Å². The Morgan fingerprint density at radius 3 is 2.07 bits per heavy atom. The number of nitrogens with zero attached hydrogens (tertiary/aromatic N) is 4. The number of anilines is 1. The molecule has 57 heavy (non-hydrogen) atoms. The molecule has 1 aromatic carbocycles. The van der Waals surface area contributed by atoms with Gasteiger partial charge in [0.25, 0.3) is 0 Å². The van der Waals surface area contributed by atoms with E-state index in [-0.39, 0.29) is 56.2 Å². The normalized spacial score (nSPS) is 14.8. The van der Waals surface area contributed by atoms with Gasteiger partial charge in [-0.05, 0) is 45.1 Å². The monoisotopic (exact) mass is 820 g/mol. The van der Waals surface area contributed by atoms with Crippen LogP contribution in [0.25, 0.3) is 11.2 Å². The molecule has 2 aromatic heterocycles. The van der Waals surface area contributed by atoms with E-state index in [9.17, 15) is 18.5 Å². The molecule has 16 heteroatoms. The number of fused-ring (bicyclic) bond motifs is 1. The predicted octanol–water partition coefficient (Wildman–Crippen LogP) is 8.66. The Morgan fingerprint density at radius 1 is 0.895 bits per heavy atom. The van der Waals surface area contributed by atoms with Crippen LogP contribution in [-0.2, 0) is 50.4 Å². The molecule has 0 saturated carbocycles. The van der Waals surface area contributed by atoms with Crippen LogP contribution in [0, 0.1) is 6.08 Å². The highest BCUT2D eigenvalue weighted by Crippen LogP contribution is 2.47. The van der Waals surface area contributed by atoms with Crippen LogP contribution in [0.2, 0.25) is 0 Å². The first-order chi connectivity index (χ1) is 27.4. The summed E-state index contributed by atoms with van der Waals surface area (Å²) in [5.41, 5.74) is 5.99. The molecular formula is C41H66FN6O8P. The van der Waals surface area contributed by atoms with Gasteiger partial charge in [0.05, 0.1) is 31.7 Å². The Hall–Kier alpha value is -3.49. The van der Waals surface area contributed by atoms with Gasteiger partial charge < -0.3 is 24.5 Å². The third-order valence-corrected chi connectivity index (χ3v) is 11.6. The molecule has 0 aliphatic rings. The molecule has 4 atom stereocenters. The van der Waals surface area contributed by atoms with Crippen LogP contribution in [0.15, 0.2) is 36.7 Å². The Balaban J connectivity index is 1.76. The number of aromatic nitrogens is 4. The predicted molar refractivity (Wildman–Crippen MR) is 219 cm³/mol. The highest BCUT2D eigenvalue weighted by molar-refractivity contribution is 7.51. The second kappa shape index (κ2) is 25.8. The van der Waals surface area contributed by atoms with Crippen LogP contribution in [0.3, 0.4) is 0 Å². The van der Waals surface area contributed by atoms with Crippen molar-refractivity contribution in [3.05, 3.63) is 48.3 Å². The average Bonchev–Trinajstić information content (AvgIpc) is 3.61. The van der Waals surface area contributed by atoms with Gasteiger partial charge >= 0.3 is 25.8 Å². The molecule has 3 N–H and O–H groups in total. The van der Waals surface area contributed by atoms with Crippen molar-refractivity contribution in [3.8, 4) is 0 Å². The largest absolute Gasteiger partial charge is 0.465 e. The number of methoxy groups -OCH3 is 1. The summed E-state index contributed by atoms with van der Waals surface area (Å²) in [6.45, 7) is 7.87. The zero-order valence-electron chi connectivity index (χ0n) is 34.7. The van der Waals surface area contributed by atoms with E-state index in [1.54, 1.807) is 11.5 Å². The Morgan fingerprint density at radius 2 is 1.47 bits per heavy atom. The SMILES string of the molecule is CCCCCCCCCOC(=O)[C@H](Cc1ccccc1)NP(=O)(OC[C@](C)(CCn1cnc2c(N)nc(F)nc21)OC)O[C@@H](C)C(=O)OCCCCCCCCC. The molecule has 2 heterocycles. The Labute approximate surface area is 338 Å². The summed E-state index contributed by atoms with van der Waals surface area (Å²) < 4.78 is 59.4. The number of nitrogens with one attached hydrogen (secondary N) is 1. The van der Waals surface area contributed by atoms with Crippen LogP contribution < -0.4 is 10.8 Å². The number of rotatable bonds is 31. The minimum atomic E-state index is -4.48. The fourth-order valence-corrected chi connectivity index (χ4v) is 7.89. The second-order valence-corrected chi connectivity index (χ2v) is 16.6. The Bertz CT molecular complexity index is 1670. The lowest BCUT2D eigenvalue weighted by Crippen LogP contribution is -2.41. The van der Waals surface area contributed by atoms with Crippen LogP contribution in [0.1, 0.15) is 130 Å². The van der Waals surface area contributed by atoms with Gasteiger partial charge in [-0.25, -0.2) is 19.4 Å². The van der Waals surface area contributed by atoms with Crippen molar-refractivity contribution in [2.24, 2.45) is 0 Å². The fraction of sp³-hybridized carbons (Fsp3) is 0.683. The number of nitrogens with two attached hydrogens (primary N) is 1. The Kier molecular flexibility index (Phi) is 21.7. The average molecular weight is 821 g/mol. The van der Waals surface area contributed by atoms with Gasteiger partial charge in [0, 0.05) is 13.7 Å². The minimum absolute atomic E-state index is 0.0840. The molecule has 0 saturated heterocycles. The van der Waals surface area contributed by atoms with Gasteiger partial charge in [-0.1, -0.05) is 121 Å². The molecule has 0 amide bonds. The summed E-state index contributed by atoms with van der Waals surface area (Å²) in [6, 6.07) is 8.09. The number of nitrogen functional groups attached to an aromatic ring is 1. The van der Waals surface area contributed by atoms with E-state index in [4.69, 9.17) is 29.0 Å². The van der Waals surface area contributed by atoms with Gasteiger partial charge in [-0.3, -0.25) is 13.8 Å². The zero-order valence-corrected chi connectivity index (χ0v) is 35.6. The summed E-state index contributed by atoms with van der Waals surface area (Å²) in [5.74, 6) is -1.41. The summed E-state index contributed by atoms with van der Waals surface area (Å²) in [7, 11) is -3.01. The number of unbranched alkanes of at least 4 members (excludes halogenated alkanes) is 12. The first-order valence-corrected chi connectivity index (χ1v) is 22.2. The molecular weight excluding hydrogens is 754 g/mol. The van der Waals surface area contributed by atoms with E-state index in [1.165, 1.54) is 58.9 Å². The van der Waals surface area contributed by atoms with Crippen LogP contribution >= 0.6 is 7.75 Å². The molecule has 0 spiro atoms. The van der Waals surface area contributed by atoms with E-state index in [0.717, 1.165) is 44.1 Å². The van der Waals surface area contributed by atoms with Crippen molar-refractivity contribution in [3.63, 3.8) is 0 Å². The summed E-state index contributed by atoms with van der Waals surface area (Å²) >= 11 is 0. The highest BCUT2D eigenvalue weighted by Gasteiger charge is 2.39.